The second-order valence-electron chi connectivity index (χ2n) is 12.6. The number of hydrogen-bond donors (Lipinski definition) is 3. The van der Waals surface area contributed by atoms with Gasteiger partial charge in [-0.1, -0.05) is 80.9 Å². The summed E-state index contributed by atoms with van der Waals surface area (Å²) in [6, 6.07) is 32.6. The molecule has 0 radical (unpaired) electrons. The van der Waals surface area contributed by atoms with Crippen molar-refractivity contribution in [1.29, 1.82) is 0 Å². The van der Waals surface area contributed by atoms with Gasteiger partial charge in [-0.15, -0.1) is 0 Å². The Bertz CT molecular complexity index is 2030. The quantitative estimate of drug-likeness (QED) is 0.152. The number of ether oxygens (including phenoxy) is 1. The predicted octanol–water partition coefficient (Wildman–Crippen LogP) is 9.53. The number of benzene rings is 4. The number of nitrogens with zero attached hydrogens (tertiary/aromatic N) is 4. The van der Waals surface area contributed by atoms with Gasteiger partial charge in [0.2, 0.25) is 11.8 Å². The first kappa shape index (κ1) is 31.6. The van der Waals surface area contributed by atoms with Crippen LogP contribution in [0.3, 0.4) is 0 Å². The van der Waals surface area contributed by atoms with E-state index in [-0.39, 0.29) is 10.8 Å². The first-order chi connectivity index (χ1) is 22.5. The molecule has 0 atom stereocenters. The van der Waals surface area contributed by atoms with Crippen LogP contribution in [0.4, 0.5) is 27.9 Å². The number of amides is 2. The SMILES string of the molecule is Cc1ccc(-n2nc(S(C)(C)C(C)(C)C)cc2NC(=O)Nc2ccc(Oc3ccnc(Nc4ccccc4)n3)c3ccccc23)cc1. The number of rotatable bonds is 8. The molecule has 6 aromatic rings. The van der Waals surface area contributed by atoms with Crippen molar-refractivity contribution in [3.8, 4) is 17.3 Å². The van der Waals surface area contributed by atoms with Gasteiger partial charge in [-0.05, 0) is 60.6 Å². The zero-order valence-electron chi connectivity index (χ0n) is 27.4. The molecule has 2 aromatic heterocycles. The Kier molecular flexibility index (Phi) is 8.62. The number of fused-ring (bicyclic) bond motifs is 1. The summed E-state index contributed by atoms with van der Waals surface area (Å²) in [6.45, 7) is 8.75. The van der Waals surface area contributed by atoms with Crippen LogP contribution in [-0.4, -0.2) is 43.0 Å². The van der Waals surface area contributed by atoms with E-state index in [0.29, 0.717) is 29.1 Å². The Balaban J connectivity index is 1.25. The maximum Gasteiger partial charge on any atom is 0.324 e. The summed E-state index contributed by atoms with van der Waals surface area (Å²) in [7, 11) is -1.30. The van der Waals surface area contributed by atoms with Crippen LogP contribution in [0.2, 0.25) is 0 Å². The Morgan fingerprint density at radius 2 is 1.53 bits per heavy atom. The fourth-order valence-corrected chi connectivity index (χ4v) is 6.18. The summed E-state index contributed by atoms with van der Waals surface area (Å²) < 4.78 is 8.07. The molecule has 0 aliphatic carbocycles. The first-order valence-electron chi connectivity index (χ1n) is 15.3. The van der Waals surface area contributed by atoms with Crippen LogP contribution in [-0.2, 0) is 0 Å². The van der Waals surface area contributed by atoms with Gasteiger partial charge < -0.3 is 15.4 Å². The molecule has 2 heterocycles. The minimum absolute atomic E-state index is 0.0213. The van der Waals surface area contributed by atoms with Crippen LogP contribution < -0.4 is 20.7 Å². The standard InChI is InChI=1S/C37H39N7O2S/c1-25-16-18-27(19-17-25)44-32(24-34(43-44)47(5,6)37(2,3)4)41-36(45)40-30-20-21-31(29-15-11-10-14-28(29)30)46-33-22-23-38-35(42-33)39-26-12-8-7-9-13-26/h7-24H,1-6H3,(H,38,39,42)(H2,40,41,45). The molecule has 0 saturated carbocycles. The zero-order valence-corrected chi connectivity index (χ0v) is 28.2. The smallest absolute Gasteiger partial charge is 0.324 e. The molecule has 10 heteroatoms. The van der Waals surface area contributed by atoms with Gasteiger partial charge in [0.1, 0.15) is 16.6 Å². The molecule has 3 N–H and O–H groups in total. The van der Waals surface area contributed by atoms with E-state index < -0.39 is 10.0 Å². The van der Waals surface area contributed by atoms with Crippen molar-refractivity contribution in [3.05, 3.63) is 115 Å². The van der Waals surface area contributed by atoms with Gasteiger partial charge in [0.25, 0.3) is 0 Å². The van der Waals surface area contributed by atoms with Crippen LogP contribution in [0.1, 0.15) is 26.3 Å². The number of anilines is 4. The number of hydrogen-bond acceptors (Lipinski definition) is 6. The largest absolute Gasteiger partial charge is 0.438 e. The summed E-state index contributed by atoms with van der Waals surface area (Å²) in [5.41, 5.74) is 3.54. The van der Waals surface area contributed by atoms with Gasteiger partial charge in [-0.3, -0.25) is 5.32 Å². The molecule has 0 spiro atoms. The first-order valence-corrected chi connectivity index (χ1v) is 17.8. The van der Waals surface area contributed by atoms with E-state index in [0.717, 1.165) is 32.7 Å². The van der Waals surface area contributed by atoms with E-state index in [1.165, 1.54) is 0 Å². The average molecular weight is 646 g/mol. The third kappa shape index (κ3) is 6.92. The van der Waals surface area contributed by atoms with Crippen molar-refractivity contribution in [1.82, 2.24) is 19.7 Å². The van der Waals surface area contributed by atoms with Crippen LogP contribution in [0.5, 0.6) is 11.6 Å². The molecular formula is C37H39N7O2S. The van der Waals surface area contributed by atoms with Gasteiger partial charge in [0, 0.05) is 34.8 Å². The number of carbonyl (C=O) groups is 1. The summed E-state index contributed by atoms with van der Waals surface area (Å²) >= 11 is 0. The normalized spacial score (nSPS) is 12.0. The Labute approximate surface area is 276 Å². The highest BCUT2D eigenvalue weighted by Gasteiger charge is 2.33. The summed E-state index contributed by atoms with van der Waals surface area (Å²) in [6.07, 6.45) is 6.17. The highest BCUT2D eigenvalue weighted by molar-refractivity contribution is 8.33. The number of aryl methyl sites for hydroxylation is 1. The molecule has 0 unspecified atom stereocenters. The van der Waals surface area contributed by atoms with E-state index in [4.69, 9.17) is 9.84 Å². The molecule has 0 bridgehead atoms. The van der Waals surface area contributed by atoms with E-state index in [2.05, 4.69) is 59.2 Å². The van der Waals surface area contributed by atoms with Crippen LogP contribution in [0.15, 0.2) is 114 Å². The summed E-state index contributed by atoms with van der Waals surface area (Å²) in [5, 5.41) is 16.9. The number of nitrogens with one attached hydrogen (secondary N) is 3. The lowest BCUT2D eigenvalue weighted by Crippen LogP contribution is -2.23. The molecule has 0 saturated heterocycles. The van der Waals surface area contributed by atoms with Gasteiger partial charge in [0.05, 0.1) is 11.4 Å². The molecule has 2 amide bonds. The van der Waals surface area contributed by atoms with E-state index in [1.807, 2.05) is 109 Å². The van der Waals surface area contributed by atoms with E-state index >= 15 is 0 Å². The van der Waals surface area contributed by atoms with Crippen molar-refractivity contribution in [2.45, 2.75) is 37.5 Å². The summed E-state index contributed by atoms with van der Waals surface area (Å²) in [4.78, 5) is 22.4. The molecule has 9 nitrogen and oxygen atoms in total. The molecule has 4 aromatic carbocycles. The third-order valence-electron chi connectivity index (χ3n) is 8.27. The molecule has 0 aliphatic heterocycles. The lowest BCUT2D eigenvalue weighted by Gasteiger charge is -2.42. The number of para-hydroxylation sites is 1. The third-order valence-corrected chi connectivity index (χ3v) is 12.6. The minimum atomic E-state index is -1.30. The second-order valence-corrected chi connectivity index (χ2v) is 16.9. The molecule has 240 valence electrons. The van der Waals surface area contributed by atoms with Gasteiger partial charge in [-0.2, -0.15) is 20.1 Å². The zero-order chi connectivity index (χ0) is 33.2. The van der Waals surface area contributed by atoms with Gasteiger partial charge in [-0.25, -0.2) is 14.5 Å². The monoisotopic (exact) mass is 645 g/mol. The van der Waals surface area contributed by atoms with Crippen LogP contribution in [0, 0.1) is 6.92 Å². The van der Waals surface area contributed by atoms with Crippen molar-refractivity contribution in [2.24, 2.45) is 0 Å². The fraction of sp³-hybridized carbons (Fsp3) is 0.189. The molecule has 6 rings (SSSR count). The Hall–Kier alpha value is -5.35. The predicted molar refractivity (Wildman–Crippen MR) is 194 cm³/mol. The van der Waals surface area contributed by atoms with Gasteiger partial charge >= 0.3 is 6.03 Å². The maximum atomic E-state index is 13.6. The van der Waals surface area contributed by atoms with Crippen LogP contribution >= 0.6 is 10.0 Å². The second kappa shape index (κ2) is 12.8. The average Bonchev–Trinajstić information content (AvgIpc) is 3.47. The maximum absolute atomic E-state index is 13.6. The van der Waals surface area contributed by atoms with Crippen molar-refractivity contribution >= 4 is 50.0 Å². The Morgan fingerprint density at radius 1 is 0.830 bits per heavy atom. The number of urea groups is 1. The summed E-state index contributed by atoms with van der Waals surface area (Å²) in [5.74, 6) is 2.01. The lowest BCUT2D eigenvalue weighted by molar-refractivity contribution is 0.262. The number of aromatic nitrogens is 4. The molecule has 0 aliphatic rings. The van der Waals surface area contributed by atoms with Crippen molar-refractivity contribution < 1.29 is 9.53 Å². The molecular weight excluding hydrogens is 607 g/mol. The van der Waals surface area contributed by atoms with Crippen molar-refractivity contribution in [2.75, 3.05) is 28.5 Å². The fourth-order valence-electron chi connectivity index (χ4n) is 4.86. The molecule has 0 fully saturated rings. The lowest BCUT2D eigenvalue weighted by atomic mass is 10.1. The van der Waals surface area contributed by atoms with E-state index in [1.54, 1.807) is 12.3 Å². The Morgan fingerprint density at radius 3 is 2.26 bits per heavy atom. The highest BCUT2D eigenvalue weighted by Crippen LogP contribution is 2.59. The molecule has 47 heavy (non-hydrogen) atoms. The van der Waals surface area contributed by atoms with Gasteiger partial charge in [0.15, 0.2) is 0 Å². The van der Waals surface area contributed by atoms with E-state index in [9.17, 15) is 4.79 Å². The highest BCUT2D eigenvalue weighted by atomic mass is 32.3. The van der Waals surface area contributed by atoms with Crippen molar-refractivity contribution in [3.63, 3.8) is 0 Å². The number of carbonyl (C=O) groups excluding carboxylic acids is 1. The van der Waals surface area contributed by atoms with Crippen LogP contribution in [0.25, 0.3) is 16.5 Å². The topological polar surface area (TPSA) is 106 Å². The minimum Gasteiger partial charge on any atom is -0.438 e.